The van der Waals surface area contributed by atoms with Crippen molar-refractivity contribution in [3.8, 4) is 0 Å². The fraction of sp³-hybridized carbons (Fsp3) is 0.312. The number of amides is 1. The topological polar surface area (TPSA) is 60.1 Å². The number of nitrogen functional groups attached to an aromatic ring is 1. The van der Waals surface area contributed by atoms with Crippen LogP contribution in [-0.2, 0) is 0 Å². The van der Waals surface area contributed by atoms with Gasteiger partial charge in [0.2, 0.25) is 0 Å². The molecule has 1 amide bonds. The average molecular weight is 350 g/mol. The number of nitrogens with one attached hydrogen (secondary N) is 1. The summed E-state index contributed by atoms with van der Waals surface area (Å²) in [5.41, 5.74) is 8.06. The maximum absolute atomic E-state index is 12.4. The largest absolute Gasteiger partial charge is 0.397 e. The van der Waals surface area contributed by atoms with Gasteiger partial charge < -0.3 is 15.6 Å². The van der Waals surface area contributed by atoms with Crippen molar-refractivity contribution in [2.45, 2.75) is 32.9 Å². The van der Waals surface area contributed by atoms with Gasteiger partial charge in [0.05, 0.1) is 11.7 Å². The molecule has 0 aliphatic carbocycles. The Balaban J connectivity index is 2.16. The van der Waals surface area contributed by atoms with E-state index < -0.39 is 0 Å². The van der Waals surface area contributed by atoms with E-state index in [-0.39, 0.29) is 18.0 Å². The molecule has 1 aromatic carbocycles. The van der Waals surface area contributed by atoms with Gasteiger partial charge in [-0.25, -0.2) is 0 Å². The Kier molecular flexibility index (Phi) is 4.73. The summed E-state index contributed by atoms with van der Waals surface area (Å²) in [7, 11) is 0. The predicted molar refractivity (Wildman–Crippen MR) is 89.3 cm³/mol. The van der Waals surface area contributed by atoms with Gasteiger partial charge in [-0.05, 0) is 44.5 Å². The summed E-state index contributed by atoms with van der Waals surface area (Å²) in [6, 6.07) is 9.74. The first kappa shape index (κ1) is 15.6. The summed E-state index contributed by atoms with van der Waals surface area (Å²) < 4.78 is 2.91. The number of hydrogen-bond donors (Lipinski definition) is 2. The molecule has 0 saturated carbocycles. The second-order valence-electron chi connectivity index (χ2n) is 5.41. The lowest BCUT2D eigenvalue weighted by molar-refractivity contribution is 0.0929. The molecule has 112 valence electrons. The first-order chi connectivity index (χ1) is 9.88. The molecule has 0 aliphatic rings. The molecule has 1 heterocycles. The van der Waals surface area contributed by atoms with Crippen LogP contribution in [0.3, 0.4) is 0 Å². The number of anilines is 1. The van der Waals surface area contributed by atoms with Crippen molar-refractivity contribution in [3.63, 3.8) is 0 Å². The first-order valence-electron chi connectivity index (χ1n) is 6.92. The molecule has 2 rings (SSSR count). The Morgan fingerprint density at radius 1 is 1.24 bits per heavy atom. The number of carbonyl (C=O) groups is 1. The van der Waals surface area contributed by atoms with Crippen LogP contribution in [0.2, 0.25) is 0 Å². The van der Waals surface area contributed by atoms with Crippen molar-refractivity contribution >= 4 is 27.5 Å². The molecular formula is C16H20BrN3O. The molecule has 3 N–H and O–H groups in total. The maximum atomic E-state index is 12.4. The third-order valence-corrected chi connectivity index (χ3v) is 3.90. The van der Waals surface area contributed by atoms with E-state index in [2.05, 4.69) is 21.2 Å². The lowest BCUT2D eigenvalue weighted by atomic mass is 10.1. The number of nitrogens with zero attached hydrogens (tertiary/aromatic N) is 1. The predicted octanol–water partition coefficient (Wildman–Crippen LogP) is 3.90. The Hall–Kier alpha value is -1.75. The fourth-order valence-electron chi connectivity index (χ4n) is 2.22. The lowest BCUT2D eigenvalue weighted by Crippen LogP contribution is -2.28. The van der Waals surface area contributed by atoms with Crippen molar-refractivity contribution in [2.24, 2.45) is 0 Å². The second-order valence-corrected chi connectivity index (χ2v) is 6.32. The molecule has 0 saturated heterocycles. The molecule has 5 heteroatoms. The highest BCUT2D eigenvalue weighted by Gasteiger charge is 2.17. The van der Waals surface area contributed by atoms with Gasteiger partial charge >= 0.3 is 0 Å². The zero-order chi connectivity index (χ0) is 15.6. The van der Waals surface area contributed by atoms with Crippen LogP contribution in [0, 0.1) is 0 Å². The molecular weight excluding hydrogens is 330 g/mol. The van der Waals surface area contributed by atoms with Crippen molar-refractivity contribution in [3.05, 3.63) is 52.3 Å². The first-order valence-corrected chi connectivity index (χ1v) is 7.71. The van der Waals surface area contributed by atoms with Gasteiger partial charge in [0.25, 0.3) is 5.91 Å². The number of carbonyl (C=O) groups excluding carboxylic acids is 1. The minimum atomic E-state index is -0.115. The minimum Gasteiger partial charge on any atom is -0.397 e. The molecule has 0 aliphatic heterocycles. The molecule has 0 radical (unpaired) electrons. The van der Waals surface area contributed by atoms with Gasteiger partial charge in [-0.1, -0.05) is 28.1 Å². The molecule has 1 atom stereocenters. The standard InChI is InChI=1S/C16H20BrN3O/c1-10(2)20-9-14(18)8-15(20)16(21)19-11(3)12-4-6-13(17)7-5-12/h4-11H,18H2,1-3H3,(H,19,21). The van der Waals surface area contributed by atoms with Crippen LogP contribution in [0.25, 0.3) is 0 Å². The van der Waals surface area contributed by atoms with E-state index in [4.69, 9.17) is 5.73 Å². The van der Waals surface area contributed by atoms with Gasteiger partial charge in [0.15, 0.2) is 0 Å². The average Bonchev–Trinajstić information content (AvgIpc) is 2.82. The zero-order valence-electron chi connectivity index (χ0n) is 12.4. The molecule has 0 fully saturated rings. The summed E-state index contributed by atoms with van der Waals surface area (Å²) in [6.07, 6.45) is 1.80. The molecule has 21 heavy (non-hydrogen) atoms. The van der Waals surface area contributed by atoms with E-state index in [1.807, 2.05) is 49.6 Å². The number of halogens is 1. The Morgan fingerprint density at radius 3 is 2.43 bits per heavy atom. The molecule has 0 bridgehead atoms. The Labute approximate surface area is 133 Å². The van der Waals surface area contributed by atoms with Gasteiger partial charge in [-0.15, -0.1) is 0 Å². The Morgan fingerprint density at radius 2 is 1.86 bits per heavy atom. The zero-order valence-corrected chi connectivity index (χ0v) is 14.0. The molecule has 2 aromatic rings. The normalized spacial score (nSPS) is 12.4. The van der Waals surface area contributed by atoms with Gasteiger partial charge in [0, 0.05) is 16.7 Å². The van der Waals surface area contributed by atoms with Crippen molar-refractivity contribution < 1.29 is 4.79 Å². The molecule has 0 spiro atoms. The third kappa shape index (κ3) is 3.67. The number of aromatic nitrogens is 1. The SMILES string of the molecule is CC(NC(=O)c1cc(N)cn1C(C)C)c1ccc(Br)cc1. The highest BCUT2D eigenvalue weighted by Crippen LogP contribution is 2.19. The number of nitrogens with two attached hydrogens (primary N) is 1. The number of benzene rings is 1. The molecule has 1 aromatic heterocycles. The van der Waals surface area contributed by atoms with Crippen molar-refractivity contribution in [1.82, 2.24) is 9.88 Å². The van der Waals surface area contributed by atoms with Crippen molar-refractivity contribution in [2.75, 3.05) is 5.73 Å². The van der Waals surface area contributed by atoms with Crippen LogP contribution in [0.5, 0.6) is 0 Å². The highest BCUT2D eigenvalue weighted by atomic mass is 79.9. The fourth-order valence-corrected chi connectivity index (χ4v) is 2.48. The lowest BCUT2D eigenvalue weighted by Gasteiger charge is -2.17. The van der Waals surface area contributed by atoms with E-state index in [0.717, 1.165) is 10.0 Å². The quantitative estimate of drug-likeness (QED) is 0.878. The third-order valence-electron chi connectivity index (χ3n) is 3.38. The summed E-state index contributed by atoms with van der Waals surface area (Å²) in [4.78, 5) is 12.4. The van der Waals surface area contributed by atoms with E-state index >= 15 is 0 Å². The van der Waals surface area contributed by atoms with Crippen LogP contribution in [0.15, 0.2) is 41.0 Å². The monoisotopic (exact) mass is 349 g/mol. The highest BCUT2D eigenvalue weighted by molar-refractivity contribution is 9.10. The van der Waals surface area contributed by atoms with E-state index in [0.29, 0.717) is 11.4 Å². The number of hydrogen-bond acceptors (Lipinski definition) is 2. The second kappa shape index (κ2) is 6.35. The van der Waals surface area contributed by atoms with Gasteiger partial charge in [-0.2, -0.15) is 0 Å². The Bertz CT molecular complexity index is 631. The van der Waals surface area contributed by atoms with Gasteiger partial charge in [0.1, 0.15) is 5.69 Å². The van der Waals surface area contributed by atoms with Crippen LogP contribution >= 0.6 is 15.9 Å². The maximum Gasteiger partial charge on any atom is 0.268 e. The summed E-state index contributed by atoms with van der Waals surface area (Å²) >= 11 is 3.41. The van der Waals surface area contributed by atoms with E-state index in [9.17, 15) is 4.79 Å². The smallest absolute Gasteiger partial charge is 0.268 e. The summed E-state index contributed by atoms with van der Waals surface area (Å²) in [5, 5.41) is 3.01. The van der Waals surface area contributed by atoms with Crippen molar-refractivity contribution in [1.29, 1.82) is 0 Å². The van der Waals surface area contributed by atoms with Crippen LogP contribution in [-0.4, -0.2) is 10.5 Å². The van der Waals surface area contributed by atoms with Crippen LogP contribution in [0.1, 0.15) is 48.9 Å². The molecule has 4 nitrogen and oxygen atoms in total. The summed E-state index contributed by atoms with van der Waals surface area (Å²) in [5.74, 6) is -0.115. The van der Waals surface area contributed by atoms with E-state index in [1.54, 1.807) is 12.3 Å². The van der Waals surface area contributed by atoms with Crippen LogP contribution < -0.4 is 11.1 Å². The van der Waals surface area contributed by atoms with Gasteiger partial charge in [-0.3, -0.25) is 4.79 Å². The minimum absolute atomic E-state index is 0.0673. The van der Waals surface area contributed by atoms with E-state index in [1.165, 1.54) is 0 Å². The van der Waals surface area contributed by atoms with Crippen LogP contribution in [0.4, 0.5) is 5.69 Å². The number of rotatable bonds is 4. The summed E-state index contributed by atoms with van der Waals surface area (Å²) in [6.45, 7) is 6.01. The molecule has 1 unspecified atom stereocenters.